The zero-order valence-corrected chi connectivity index (χ0v) is 13.0. The Hall–Kier alpha value is -3.08. The molecule has 1 aliphatic heterocycles. The van der Waals surface area contributed by atoms with Crippen molar-refractivity contribution in [1.29, 1.82) is 5.26 Å². The van der Waals surface area contributed by atoms with Gasteiger partial charge in [-0.25, -0.2) is 0 Å². The van der Waals surface area contributed by atoms with E-state index in [-0.39, 0.29) is 38.4 Å². The number of rotatable bonds is 7. The quantitative estimate of drug-likeness (QED) is 0.571. The molecular formula is C16H17N3O5. The van der Waals surface area contributed by atoms with Gasteiger partial charge in [0.2, 0.25) is 0 Å². The van der Waals surface area contributed by atoms with E-state index in [4.69, 9.17) is 14.7 Å². The summed E-state index contributed by atoms with van der Waals surface area (Å²) in [6.07, 6.45) is 0.157. The predicted octanol–water partition coefficient (Wildman–Crippen LogP) is 0.375. The first-order chi connectivity index (χ1) is 11.6. The zero-order chi connectivity index (χ0) is 17.4. The molecule has 0 radical (unpaired) electrons. The normalized spacial score (nSPS) is 12.6. The number of carbonyl (C=O) groups is 3. The molecule has 2 amide bonds. The van der Waals surface area contributed by atoms with E-state index in [1.807, 2.05) is 6.07 Å². The van der Waals surface area contributed by atoms with Crippen molar-refractivity contribution < 1.29 is 23.9 Å². The monoisotopic (exact) mass is 331 g/mol. The van der Waals surface area contributed by atoms with Crippen LogP contribution < -0.4 is 15.0 Å². The van der Waals surface area contributed by atoms with E-state index in [1.54, 1.807) is 24.3 Å². The van der Waals surface area contributed by atoms with Crippen molar-refractivity contribution in [3.05, 3.63) is 24.3 Å². The summed E-state index contributed by atoms with van der Waals surface area (Å²) in [4.78, 5) is 36.5. The van der Waals surface area contributed by atoms with Crippen LogP contribution in [0.2, 0.25) is 0 Å². The lowest BCUT2D eigenvalue weighted by Crippen LogP contribution is -2.40. The minimum absolute atomic E-state index is 0.0362. The molecule has 0 spiro atoms. The van der Waals surface area contributed by atoms with Crippen molar-refractivity contribution in [2.24, 2.45) is 0 Å². The molecule has 24 heavy (non-hydrogen) atoms. The maximum absolute atomic E-state index is 11.9. The number of esters is 1. The number of benzene rings is 1. The molecule has 1 aromatic carbocycles. The van der Waals surface area contributed by atoms with E-state index < -0.39 is 18.5 Å². The minimum Gasteiger partial charge on any atom is -0.482 e. The van der Waals surface area contributed by atoms with Crippen molar-refractivity contribution in [2.45, 2.75) is 12.8 Å². The second-order valence-corrected chi connectivity index (χ2v) is 4.97. The smallest absolute Gasteiger partial charge is 0.308 e. The fourth-order valence-electron chi connectivity index (χ4n) is 2.13. The molecule has 1 aromatic rings. The van der Waals surface area contributed by atoms with Crippen LogP contribution in [0.3, 0.4) is 0 Å². The average molecular weight is 331 g/mol. The molecule has 0 bridgehead atoms. The number of hydrogen-bond acceptors (Lipinski definition) is 6. The molecule has 1 aliphatic rings. The number of ether oxygens (including phenoxy) is 2. The third kappa shape index (κ3) is 4.71. The maximum atomic E-state index is 11.9. The van der Waals surface area contributed by atoms with Crippen LogP contribution in [0.25, 0.3) is 0 Å². The highest BCUT2D eigenvalue weighted by molar-refractivity contribution is 5.98. The average Bonchev–Trinajstić information content (AvgIpc) is 2.59. The topological polar surface area (TPSA) is 109 Å². The van der Waals surface area contributed by atoms with Crippen LogP contribution in [0.15, 0.2) is 24.3 Å². The number of hydrogen-bond donors (Lipinski definition) is 1. The Kier molecular flexibility index (Phi) is 6.14. The fourth-order valence-corrected chi connectivity index (χ4v) is 2.13. The summed E-state index contributed by atoms with van der Waals surface area (Å²) in [5.74, 6) is -0.702. The fraction of sp³-hybridized carbons (Fsp3) is 0.375. The third-order valence-electron chi connectivity index (χ3n) is 3.27. The molecule has 8 heteroatoms. The molecule has 2 rings (SSSR count). The lowest BCUT2D eigenvalue weighted by molar-refractivity contribution is -0.148. The van der Waals surface area contributed by atoms with Crippen molar-refractivity contribution in [3.63, 3.8) is 0 Å². The summed E-state index contributed by atoms with van der Waals surface area (Å²) >= 11 is 0. The molecule has 0 atom stereocenters. The number of nitriles is 1. The number of carbonyl (C=O) groups excluding carboxylic acids is 3. The Bertz CT molecular complexity index is 668. The second kappa shape index (κ2) is 8.53. The number of anilines is 1. The third-order valence-corrected chi connectivity index (χ3v) is 3.27. The standard InChI is InChI=1S/C16H17N3O5/c17-7-3-8-18-14(20)10-24-16(22)6-9-19-12-4-1-2-5-13(12)23-11-15(19)21/h1-2,4-5H,3,6,8-11H2,(H,18,20). The van der Waals surface area contributed by atoms with Crippen molar-refractivity contribution >= 4 is 23.5 Å². The highest BCUT2D eigenvalue weighted by Gasteiger charge is 2.25. The van der Waals surface area contributed by atoms with Crippen LogP contribution in [0.4, 0.5) is 5.69 Å². The molecular weight excluding hydrogens is 314 g/mol. The SMILES string of the molecule is N#CCCNC(=O)COC(=O)CCN1C(=O)COc2ccccc21. The van der Waals surface area contributed by atoms with Gasteiger partial charge in [-0.2, -0.15) is 5.26 Å². The molecule has 1 N–H and O–H groups in total. The van der Waals surface area contributed by atoms with E-state index in [2.05, 4.69) is 5.32 Å². The van der Waals surface area contributed by atoms with Crippen LogP contribution in [0.5, 0.6) is 5.75 Å². The highest BCUT2D eigenvalue weighted by atomic mass is 16.5. The highest BCUT2D eigenvalue weighted by Crippen LogP contribution is 2.31. The van der Waals surface area contributed by atoms with Gasteiger partial charge in [0.25, 0.3) is 11.8 Å². The first kappa shape index (κ1) is 17.3. The zero-order valence-electron chi connectivity index (χ0n) is 13.0. The molecule has 1 heterocycles. The van der Waals surface area contributed by atoms with Gasteiger partial charge >= 0.3 is 5.97 Å². The summed E-state index contributed by atoms with van der Waals surface area (Å²) in [6, 6.07) is 8.94. The van der Waals surface area contributed by atoms with Gasteiger partial charge in [0, 0.05) is 13.1 Å². The van der Waals surface area contributed by atoms with Gasteiger partial charge in [-0.05, 0) is 12.1 Å². The lowest BCUT2D eigenvalue weighted by Gasteiger charge is -2.28. The van der Waals surface area contributed by atoms with Gasteiger partial charge in [-0.1, -0.05) is 12.1 Å². The molecule has 0 aliphatic carbocycles. The van der Waals surface area contributed by atoms with E-state index in [9.17, 15) is 14.4 Å². The van der Waals surface area contributed by atoms with Gasteiger partial charge in [0.05, 0.1) is 24.6 Å². The molecule has 0 saturated heterocycles. The van der Waals surface area contributed by atoms with E-state index in [0.717, 1.165) is 0 Å². The van der Waals surface area contributed by atoms with Gasteiger partial charge in [-0.3, -0.25) is 14.4 Å². The Labute approximate surface area is 138 Å². The van der Waals surface area contributed by atoms with Crippen LogP contribution >= 0.6 is 0 Å². The van der Waals surface area contributed by atoms with Gasteiger partial charge < -0.3 is 19.7 Å². The Balaban J connectivity index is 1.79. The summed E-state index contributed by atoms with van der Waals surface area (Å²) in [6.45, 7) is -0.120. The first-order valence-electron chi connectivity index (χ1n) is 7.43. The summed E-state index contributed by atoms with van der Waals surface area (Å²) in [5.41, 5.74) is 0.607. The van der Waals surface area contributed by atoms with Crippen molar-refractivity contribution in [3.8, 4) is 11.8 Å². The number of amides is 2. The van der Waals surface area contributed by atoms with Crippen LogP contribution in [-0.2, 0) is 19.1 Å². The van der Waals surface area contributed by atoms with E-state index in [0.29, 0.717) is 11.4 Å². The Morgan fingerprint density at radius 1 is 1.38 bits per heavy atom. The molecule has 126 valence electrons. The van der Waals surface area contributed by atoms with Crippen molar-refractivity contribution in [2.75, 3.05) is 31.2 Å². The maximum Gasteiger partial charge on any atom is 0.308 e. The number of para-hydroxylation sites is 2. The molecule has 8 nitrogen and oxygen atoms in total. The summed E-state index contributed by atoms with van der Waals surface area (Å²) < 4.78 is 10.2. The van der Waals surface area contributed by atoms with Gasteiger partial charge in [0.1, 0.15) is 5.75 Å². The number of fused-ring (bicyclic) bond motifs is 1. The Morgan fingerprint density at radius 3 is 2.96 bits per heavy atom. The van der Waals surface area contributed by atoms with Crippen LogP contribution in [0, 0.1) is 11.3 Å². The van der Waals surface area contributed by atoms with Crippen LogP contribution in [-0.4, -0.2) is 44.1 Å². The molecule has 0 unspecified atom stereocenters. The second-order valence-electron chi connectivity index (χ2n) is 4.97. The van der Waals surface area contributed by atoms with E-state index in [1.165, 1.54) is 4.90 Å². The number of nitrogens with zero attached hydrogens (tertiary/aromatic N) is 2. The lowest BCUT2D eigenvalue weighted by atomic mass is 10.2. The largest absolute Gasteiger partial charge is 0.482 e. The van der Waals surface area contributed by atoms with Gasteiger partial charge in [-0.15, -0.1) is 0 Å². The van der Waals surface area contributed by atoms with E-state index >= 15 is 0 Å². The van der Waals surface area contributed by atoms with Crippen LogP contribution in [0.1, 0.15) is 12.8 Å². The minimum atomic E-state index is -0.581. The molecule has 0 aromatic heterocycles. The summed E-state index contributed by atoms with van der Waals surface area (Å²) in [7, 11) is 0. The van der Waals surface area contributed by atoms with Crippen molar-refractivity contribution in [1.82, 2.24) is 5.32 Å². The molecule has 0 saturated carbocycles. The molecule has 0 fully saturated rings. The van der Waals surface area contributed by atoms with Gasteiger partial charge in [0.15, 0.2) is 13.2 Å². The first-order valence-corrected chi connectivity index (χ1v) is 7.43. The summed E-state index contributed by atoms with van der Waals surface area (Å²) in [5, 5.41) is 10.8. The number of nitrogens with one attached hydrogen (secondary N) is 1. The predicted molar refractivity (Wildman–Crippen MR) is 83.1 cm³/mol. The Morgan fingerprint density at radius 2 is 2.17 bits per heavy atom.